The third-order valence-electron chi connectivity index (χ3n) is 2.60. The van der Waals surface area contributed by atoms with Crippen LogP contribution in [0.4, 0.5) is 10.1 Å². The number of benzene rings is 1. The third-order valence-corrected chi connectivity index (χ3v) is 2.87. The summed E-state index contributed by atoms with van der Waals surface area (Å²) in [5, 5.41) is 1.01. The number of methoxy groups -OCH3 is 1. The molecule has 1 aromatic carbocycles. The summed E-state index contributed by atoms with van der Waals surface area (Å²) in [7, 11) is 1.34. The van der Waals surface area contributed by atoms with E-state index in [1.54, 1.807) is 6.92 Å². The fourth-order valence-electron chi connectivity index (χ4n) is 1.60. The van der Waals surface area contributed by atoms with Crippen molar-refractivity contribution < 1.29 is 18.7 Å². The average Bonchev–Trinajstić information content (AvgIpc) is 2.46. The smallest absolute Gasteiger partial charge is 0.355 e. The van der Waals surface area contributed by atoms with Crippen LogP contribution in [0.15, 0.2) is 24.0 Å². The van der Waals surface area contributed by atoms with Crippen LogP contribution in [0.2, 0.25) is 0 Å². The first kappa shape index (κ1) is 17.1. The fourth-order valence-corrected chi connectivity index (χ4v) is 1.86. The van der Waals surface area contributed by atoms with Gasteiger partial charge in [-0.05, 0) is 19.1 Å². The minimum absolute atomic E-state index is 0.0464. The highest BCUT2D eigenvalue weighted by molar-refractivity contribution is 6.17. The van der Waals surface area contributed by atoms with E-state index in [9.17, 15) is 9.18 Å². The van der Waals surface area contributed by atoms with E-state index < -0.39 is 11.8 Å². The number of carbonyl (C=O) groups excluding carboxylic acids is 1. The molecule has 21 heavy (non-hydrogen) atoms. The second-order valence-corrected chi connectivity index (χ2v) is 4.19. The molecule has 0 saturated carbocycles. The van der Waals surface area contributed by atoms with E-state index in [1.807, 2.05) is 0 Å². The summed E-state index contributed by atoms with van der Waals surface area (Å²) in [4.78, 5) is 11.4. The zero-order valence-electron chi connectivity index (χ0n) is 11.7. The third kappa shape index (κ3) is 3.99. The molecule has 0 saturated heterocycles. The lowest BCUT2D eigenvalue weighted by Gasteiger charge is -2.19. The van der Waals surface area contributed by atoms with Gasteiger partial charge in [-0.15, -0.1) is 11.6 Å². The molecule has 0 aliphatic carbocycles. The number of nitrogens with two attached hydrogens (primary N) is 2. The molecule has 0 aliphatic rings. The van der Waals surface area contributed by atoms with E-state index in [0.29, 0.717) is 0 Å². The number of nitrogens with zero attached hydrogens (tertiary/aromatic N) is 1. The molecule has 0 amide bonds. The summed E-state index contributed by atoms with van der Waals surface area (Å²) >= 11 is 5.74. The minimum atomic E-state index is -0.714. The Morgan fingerprint density at radius 1 is 1.52 bits per heavy atom. The molecular weight excluding hydrogens is 301 g/mol. The molecule has 0 spiro atoms. The first-order valence-electron chi connectivity index (χ1n) is 6.05. The Morgan fingerprint density at radius 3 is 2.71 bits per heavy atom. The molecule has 0 aliphatic heterocycles. The van der Waals surface area contributed by atoms with Gasteiger partial charge in [-0.25, -0.2) is 15.0 Å². The zero-order valence-corrected chi connectivity index (χ0v) is 12.5. The van der Waals surface area contributed by atoms with Crippen LogP contribution in [0, 0.1) is 5.82 Å². The predicted molar refractivity (Wildman–Crippen MR) is 78.1 cm³/mol. The minimum Gasteiger partial charge on any atom is -0.494 e. The maximum Gasteiger partial charge on any atom is 0.355 e. The van der Waals surface area contributed by atoms with Gasteiger partial charge in [0.05, 0.1) is 31.5 Å². The van der Waals surface area contributed by atoms with Gasteiger partial charge in [-0.3, -0.25) is 5.01 Å². The van der Waals surface area contributed by atoms with Gasteiger partial charge in [0.1, 0.15) is 5.70 Å². The Balaban J connectivity index is 3.13. The van der Waals surface area contributed by atoms with Crippen molar-refractivity contribution in [2.45, 2.75) is 12.8 Å². The number of ether oxygens (including phenoxy) is 2. The Kier molecular flexibility index (Phi) is 6.26. The Morgan fingerprint density at radius 2 is 2.19 bits per heavy atom. The Labute approximate surface area is 127 Å². The lowest BCUT2D eigenvalue weighted by molar-refractivity contribution is -0.138. The zero-order chi connectivity index (χ0) is 16.0. The first-order valence-corrected chi connectivity index (χ1v) is 6.59. The molecule has 1 aromatic rings. The Bertz CT molecular complexity index is 552. The van der Waals surface area contributed by atoms with Crippen LogP contribution in [-0.2, 0) is 15.4 Å². The predicted octanol–water partition coefficient (Wildman–Crippen LogP) is 1.62. The van der Waals surface area contributed by atoms with Crippen molar-refractivity contribution >= 4 is 23.3 Å². The molecule has 0 aromatic heterocycles. The summed E-state index contributed by atoms with van der Waals surface area (Å²) < 4.78 is 23.7. The highest BCUT2D eigenvalue weighted by Crippen LogP contribution is 2.30. The van der Waals surface area contributed by atoms with Gasteiger partial charge in [0, 0.05) is 5.56 Å². The molecular formula is C13H17ClFN3O3. The maximum absolute atomic E-state index is 14.1. The van der Waals surface area contributed by atoms with Gasteiger partial charge < -0.3 is 15.2 Å². The van der Waals surface area contributed by atoms with Crippen LogP contribution in [0.3, 0.4) is 0 Å². The molecule has 1 rings (SSSR count). The quantitative estimate of drug-likeness (QED) is 0.272. The van der Waals surface area contributed by atoms with Crippen LogP contribution < -0.4 is 21.3 Å². The van der Waals surface area contributed by atoms with Crippen molar-refractivity contribution in [3.63, 3.8) is 0 Å². The maximum atomic E-state index is 14.1. The van der Waals surface area contributed by atoms with Gasteiger partial charge in [0.25, 0.3) is 0 Å². The van der Waals surface area contributed by atoms with Crippen molar-refractivity contribution in [3.05, 3.63) is 35.4 Å². The number of halogens is 2. The fraction of sp³-hybridized carbons (Fsp3) is 0.308. The summed E-state index contributed by atoms with van der Waals surface area (Å²) in [5.41, 5.74) is 5.72. The van der Waals surface area contributed by atoms with Gasteiger partial charge >= 0.3 is 5.97 Å². The second kappa shape index (κ2) is 7.70. The molecule has 116 valence electrons. The monoisotopic (exact) mass is 317 g/mol. The van der Waals surface area contributed by atoms with Crippen molar-refractivity contribution in [1.82, 2.24) is 0 Å². The number of hydrazine groups is 1. The molecule has 0 heterocycles. The van der Waals surface area contributed by atoms with Crippen molar-refractivity contribution in [3.8, 4) is 5.75 Å². The lowest BCUT2D eigenvalue weighted by atomic mass is 10.1. The molecule has 0 fully saturated rings. The summed E-state index contributed by atoms with van der Waals surface area (Å²) in [6.45, 7) is 1.83. The number of hydrogen-bond acceptors (Lipinski definition) is 6. The summed E-state index contributed by atoms with van der Waals surface area (Å²) in [6.07, 6.45) is 1.13. The SMILES string of the molecule is CCOC(=O)/C(N)=C/N(N)c1ccc(OC)c(F)c1CCl. The highest BCUT2D eigenvalue weighted by atomic mass is 35.5. The van der Waals surface area contributed by atoms with E-state index in [2.05, 4.69) is 0 Å². The molecule has 0 unspecified atom stereocenters. The van der Waals surface area contributed by atoms with Gasteiger partial charge in [-0.1, -0.05) is 0 Å². The highest BCUT2D eigenvalue weighted by Gasteiger charge is 2.17. The van der Waals surface area contributed by atoms with Crippen molar-refractivity contribution in [1.29, 1.82) is 0 Å². The molecule has 0 radical (unpaired) electrons. The topological polar surface area (TPSA) is 90.8 Å². The summed E-state index contributed by atoms with van der Waals surface area (Å²) in [6, 6.07) is 2.91. The molecule has 4 N–H and O–H groups in total. The number of anilines is 1. The van der Waals surface area contributed by atoms with E-state index >= 15 is 0 Å². The van der Waals surface area contributed by atoms with Crippen molar-refractivity contribution in [2.24, 2.45) is 11.6 Å². The number of esters is 1. The van der Waals surface area contributed by atoms with E-state index in [1.165, 1.54) is 19.2 Å². The summed E-state index contributed by atoms with van der Waals surface area (Å²) in [5.74, 6) is 4.36. The van der Waals surface area contributed by atoms with Crippen LogP contribution in [0.1, 0.15) is 12.5 Å². The van der Waals surface area contributed by atoms with Crippen LogP contribution in [-0.4, -0.2) is 19.7 Å². The molecule has 6 nitrogen and oxygen atoms in total. The van der Waals surface area contributed by atoms with E-state index in [4.69, 9.17) is 32.7 Å². The van der Waals surface area contributed by atoms with Crippen molar-refractivity contribution in [2.75, 3.05) is 18.7 Å². The van der Waals surface area contributed by atoms with Gasteiger partial charge in [0.2, 0.25) is 0 Å². The van der Waals surface area contributed by atoms with Gasteiger partial charge in [-0.2, -0.15) is 0 Å². The van der Waals surface area contributed by atoms with Gasteiger partial charge in [0.15, 0.2) is 11.6 Å². The largest absolute Gasteiger partial charge is 0.494 e. The number of carbonyl (C=O) groups is 1. The van der Waals surface area contributed by atoms with Crippen LogP contribution in [0.25, 0.3) is 0 Å². The number of rotatable bonds is 6. The molecule has 0 bridgehead atoms. The first-order chi connectivity index (χ1) is 9.96. The van der Waals surface area contributed by atoms with E-state index in [-0.39, 0.29) is 35.2 Å². The second-order valence-electron chi connectivity index (χ2n) is 3.93. The normalized spacial score (nSPS) is 11.2. The standard InChI is InChI=1S/C13H17ClFN3O3/c1-3-21-13(19)9(16)7-18(17)10-4-5-11(20-2)12(15)8(10)6-14/h4-5,7H,3,6,16-17H2,1-2H3/b9-7-. The Hall–Kier alpha value is -1.99. The van der Waals surface area contributed by atoms with Crippen LogP contribution in [0.5, 0.6) is 5.75 Å². The van der Waals surface area contributed by atoms with Crippen LogP contribution >= 0.6 is 11.6 Å². The molecule has 8 heteroatoms. The number of alkyl halides is 1. The molecule has 0 atom stereocenters. The number of hydrogen-bond donors (Lipinski definition) is 2. The van der Waals surface area contributed by atoms with E-state index in [0.717, 1.165) is 11.2 Å². The lowest BCUT2D eigenvalue weighted by Crippen LogP contribution is -2.29. The average molecular weight is 318 g/mol.